The van der Waals surface area contributed by atoms with Gasteiger partial charge in [0.2, 0.25) is 0 Å². The first-order valence-electron chi connectivity index (χ1n) is 4.34. The highest BCUT2D eigenvalue weighted by Crippen LogP contribution is 2.36. The van der Waals surface area contributed by atoms with Gasteiger partial charge in [-0.1, -0.05) is 0 Å². The van der Waals surface area contributed by atoms with E-state index >= 15 is 0 Å². The van der Waals surface area contributed by atoms with Crippen LogP contribution in [0, 0.1) is 0 Å². The summed E-state index contributed by atoms with van der Waals surface area (Å²) in [7, 11) is 0. The zero-order valence-corrected chi connectivity index (χ0v) is 11.9. The van der Waals surface area contributed by atoms with Crippen LogP contribution >= 0.6 is 45.2 Å². The molecule has 0 unspecified atom stereocenters. The van der Waals surface area contributed by atoms with E-state index in [0.29, 0.717) is 0 Å². The maximum absolute atomic E-state index is 2.45. The molecule has 0 N–H and O–H groups in total. The monoisotopic (exact) mass is 388 g/mol. The SMILES string of the molecule is C/C(I)=C1/CCCC/C1=C(/C)I. The van der Waals surface area contributed by atoms with Gasteiger partial charge in [0.05, 0.1) is 0 Å². The van der Waals surface area contributed by atoms with E-state index in [2.05, 4.69) is 59.0 Å². The summed E-state index contributed by atoms with van der Waals surface area (Å²) in [5.41, 5.74) is 3.24. The average molecular weight is 388 g/mol. The van der Waals surface area contributed by atoms with Gasteiger partial charge in [0.15, 0.2) is 0 Å². The maximum atomic E-state index is 2.45. The van der Waals surface area contributed by atoms with E-state index in [-0.39, 0.29) is 0 Å². The molecule has 2 heteroatoms. The molecule has 0 radical (unpaired) electrons. The highest BCUT2D eigenvalue weighted by Gasteiger charge is 2.14. The average Bonchev–Trinajstić information content (AvgIpc) is 2.04. The molecule has 0 spiro atoms. The summed E-state index contributed by atoms with van der Waals surface area (Å²) >= 11 is 4.90. The van der Waals surface area contributed by atoms with Crippen molar-refractivity contribution >= 4 is 45.2 Å². The zero-order valence-electron chi connectivity index (χ0n) is 7.58. The number of hydrogen-bond acceptors (Lipinski definition) is 0. The molecule has 0 amide bonds. The molecular formula is C10H14I2. The molecule has 0 atom stereocenters. The van der Waals surface area contributed by atoms with Crippen molar-refractivity contribution in [3.8, 4) is 0 Å². The van der Waals surface area contributed by atoms with Crippen molar-refractivity contribution in [3.05, 3.63) is 18.3 Å². The summed E-state index contributed by atoms with van der Waals surface area (Å²) in [5.74, 6) is 0. The Morgan fingerprint density at radius 2 is 1.25 bits per heavy atom. The lowest BCUT2D eigenvalue weighted by molar-refractivity contribution is 0.676. The van der Waals surface area contributed by atoms with Gasteiger partial charge >= 0.3 is 0 Å². The van der Waals surface area contributed by atoms with Gasteiger partial charge in [-0.3, -0.25) is 0 Å². The van der Waals surface area contributed by atoms with E-state index < -0.39 is 0 Å². The topological polar surface area (TPSA) is 0 Å². The minimum Gasteiger partial charge on any atom is -0.0491 e. The summed E-state index contributed by atoms with van der Waals surface area (Å²) in [4.78, 5) is 0. The van der Waals surface area contributed by atoms with Crippen LogP contribution in [0.1, 0.15) is 39.5 Å². The Kier molecular flexibility index (Phi) is 4.57. The Hall–Kier alpha value is 0.940. The lowest BCUT2D eigenvalue weighted by atomic mass is 9.89. The van der Waals surface area contributed by atoms with E-state index in [1.165, 1.54) is 32.8 Å². The standard InChI is InChI=1S/C10H14I2/c1-7(11)9-5-3-4-6-10(9)8(2)12/h3-6H2,1-2H3/b9-7+,10-8+. The van der Waals surface area contributed by atoms with E-state index in [9.17, 15) is 0 Å². The second-order valence-electron chi connectivity index (χ2n) is 3.23. The summed E-state index contributed by atoms with van der Waals surface area (Å²) < 4.78 is 2.97. The van der Waals surface area contributed by atoms with E-state index in [0.717, 1.165) is 0 Å². The summed E-state index contributed by atoms with van der Waals surface area (Å²) in [6.07, 6.45) is 5.35. The van der Waals surface area contributed by atoms with Crippen LogP contribution in [0.25, 0.3) is 0 Å². The lowest BCUT2D eigenvalue weighted by Gasteiger charge is -2.20. The van der Waals surface area contributed by atoms with Crippen molar-refractivity contribution in [1.82, 2.24) is 0 Å². The van der Waals surface area contributed by atoms with Crippen LogP contribution in [0.2, 0.25) is 0 Å². The number of hydrogen-bond donors (Lipinski definition) is 0. The normalized spacial score (nSPS) is 27.0. The molecule has 0 bridgehead atoms. The highest BCUT2D eigenvalue weighted by atomic mass is 127. The van der Waals surface area contributed by atoms with Crippen molar-refractivity contribution in [2.24, 2.45) is 0 Å². The number of allylic oxidation sites excluding steroid dienone is 4. The van der Waals surface area contributed by atoms with Gasteiger partial charge in [0.1, 0.15) is 0 Å². The van der Waals surface area contributed by atoms with Crippen LogP contribution in [0.15, 0.2) is 18.3 Å². The molecule has 12 heavy (non-hydrogen) atoms. The van der Waals surface area contributed by atoms with Gasteiger partial charge in [-0.15, -0.1) is 0 Å². The number of halogens is 2. The van der Waals surface area contributed by atoms with Gasteiger partial charge < -0.3 is 0 Å². The van der Waals surface area contributed by atoms with Gasteiger partial charge in [-0.05, 0) is 103 Å². The van der Waals surface area contributed by atoms with Crippen LogP contribution in [-0.4, -0.2) is 0 Å². The Bertz CT molecular complexity index is 202. The lowest BCUT2D eigenvalue weighted by Crippen LogP contribution is -2.00. The third-order valence-electron chi connectivity index (χ3n) is 2.30. The fraction of sp³-hybridized carbons (Fsp3) is 0.600. The van der Waals surface area contributed by atoms with Crippen LogP contribution < -0.4 is 0 Å². The molecule has 68 valence electrons. The van der Waals surface area contributed by atoms with Gasteiger partial charge in [-0.25, -0.2) is 0 Å². The van der Waals surface area contributed by atoms with Gasteiger partial charge in [-0.2, -0.15) is 0 Å². The zero-order chi connectivity index (χ0) is 9.14. The predicted molar refractivity (Wildman–Crippen MR) is 71.9 cm³/mol. The molecule has 1 aliphatic carbocycles. The number of rotatable bonds is 0. The molecule has 0 aromatic carbocycles. The smallest absolute Gasteiger partial charge is 0.00901 e. The largest absolute Gasteiger partial charge is 0.0491 e. The van der Waals surface area contributed by atoms with Crippen molar-refractivity contribution < 1.29 is 0 Å². The molecule has 0 heterocycles. The van der Waals surface area contributed by atoms with Crippen molar-refractivity contribution in [3.63, 3.8) is 0 Å². The Morgan fingerprint density at radius 3 is 1.50 bits per heavy atom. The Labute approximate surface area is 102 Å². The van der Waals surface area contributed by atoms with E-state index in [1.807, 2.05) is 0 Å². The quantitative estimate of drug-likeness (QED) is 0.514. The maximum Gasteiger partial charge on any atom is -0.00901 e. The van der Waals surface area contributed by atoms with E-state index in [4.69, 9.17) is 0 Å². The molecule has 0 aromatic rings. The van der Waals surface area contributed by atoms with Crippen molar-refractivity contribution in [2.75, 3.05) is 0 Å². The van der Waals surface area contributed by atoms with Crippen LogP contribution in [0.4, 0.5) is 0 Å². The van der Waals surface area contributed by atoms with Gasteiger partial charge in [0.25, 0.3) is 0 Å². The van der Waals surface area contributed by atoms with Crippen LogP contribution in [-0.2, 0) is 0 Å². The van der Waals surface area contributed by atoms with Crippen molar-refractivity contribution in [1.29, 1.82) is 0 Å². The van der Waals surface area contributed by atoms with Gasteiger partial charge in [0, 0.05) is 0 Å². The van der Waals surface area contributed by atoms with Crippen LogP contribution in [0.3, 0.4) is 0 Å². The third kappa shape index (κ3) is 2.72. The second kappa shape index (κ2) is 4.98. The molecule has 0 nitrogen and oxygen atoms in total. The summed E-state index contributed by atoms with van der Waals surface area (Å²) in [5, 5.41) is 0. The molecular weight excluding hydrogens is 374 g/mol. The van der Waals surface area contributed by atoms with E-state index in [1.54, 1.807) is 11.1 Å². The molecule has 1 fully saturated rings. The third-order valence-corrected chi connectivity index (χ3v) is 3.60. The first-order valence-corrected chi connectivity index (χ1v) is 6.49. The fourth-order valence-corrected chi connectivity index (χ4v) is 2.86. The fourth-order valence-electron chi connectivity index (χ4n) is 1.67. The molecule has 0 aromatic heterocycles. The second-order valence-corrected chi connectivity index (χ2v) is 6.47. The summed E-state index contributed by atoms with van der Waals surface area (Å²) in [6, 6.07) is 0. The Morgan fingerprint density at radius 1 is 0.917 bits per heavy atom. The van der Waals surface area contributed by atoms with Crippen LogP contribution in [0.5, 0.6) is 0 Å². The molecule has 1 rings (SSSR count). The first-order chi connectivity index (χ1) is 5.63. The Balaban J connectivity index is 2.98. The minimum absolute atomic E-state index is 1.30. The first kappa shape index (κ1) is 11.0. The highest BCUT2D eigenvalue weighted by molar-refractivity contribution is 14.1. The molecule has 1 saturated carbocycles. The molecule has 1 aliphatic rings. The summed E-state index contributed by atoms with van der Waals surface area (Å²) in [6.45, 7) is 4.45. The predicted octanol–water partition coefficient (Wildman–Crippen LogP) is 4.98. The molecule has 0 saturated heterocycles. The molecule has 0 aliphatic heterocycles. The van der Waals surface area contributed by atoms with Crippen molar-refractivity contribution in [2.45, 2.75) is 39.5 Å². The minimum atomic E-state index is 1.30.